The molecular formula is C19H17ClN6O3. The summed E-state index contributed by atoms with van der Waals surface area (Å²) < 4.78 is 0. The molecule has 3 rings (SSSR count). The number of nitrogens with zero attached hydrogens (tertiary/aromatic N) is 3. The van der Waals surface area contributed by atoms with Gasteiger partial charge in [-0.1, -0.05) is 48.0 Å². The van der Waals surface area contributed by atoms with Crippen molar-refractivity contribution in [1.29, 1.82) is 0 Å². The lowest BCUT2D eigenvalue weighted by Crippen LogP contribution is -2.30. The van der Waals surface area contributed by atoms with Crippen LogP contribution in [0.2, 0.25) is 5.02 Å². The van der Waals surface area contributed by atoms with Crippen molar-refractivity contribution in [2.24, 2.45) is 0 Å². The molecule has 1 aromatic heterocycles. The number of benzene rings is 2. The molecule has 0 bridgehead atoms. The summed E-state index contributed by atoms with van der Waals surface area (Å²) >= 11 is 5.87. The van der Waals surface area contributed by atoms with Gasteiger partial charge < -0.3 is 5.32 Å². The van der Waals surface area contributed by atoms with Gasteiger partial charge in [0.25, 0.3) is 5.91 Å². The molecule has 0 radical (unpaired) electrons. The summed E-state index contributed by atoms with van der Waals surface area (Å²) in [7, 11) is 0. The van der Waals surface area contributed by atoms with Gasteiger partial charge >= 0.3 is 5.69 Å². The number of hydrazine groups is 1. The highest BCUT2D eigenvalue weighted by Gasteiger charge is 2.24. The molecule has 1 unspecified atom stereocenters. The molecule has 1 atom stereocenters. The summed E-state index contributed by atoms with van der Waals surface area (Å²) in [5.41, 5.74) is 5.71. The van der Waals surface area contributed by atoms with Gasteiger partial charge in [0.1, 0.15) is 6.33 Å². The fraction of sp³-hybridized carbons (Fsp3) is 0.105. The standard InChI is InChI=1S/C19H17ClN6O3/c1-12(13-6-3-2-4-7-13)23-17-16(26(28)29)18(22-11-21-17)24-25-19(27)14-8-5-9-15(20)10-14/h2-12H,1H3,(H,25,27)(H2,21,22,23,24). The van der Waals surface area contributed by atoms with Crippen molar-refractivity contribution in [3.05, 3.63) is 87.2 Å². The third-order valence-electron chi connectivity index (χ3n) is 4.04. The zero-order valence-corrected chi connectivity index (χ0v) is 16.1. The number of halogens is 1. The first-order chi connectivity index (χ1) is 14.0. The maximum absolute atomic E-state index is 12.2. The maximum Gasteiger partial charge on any atom is 0.354 e. The molecule has 3 aromatic rings. The molecule has 148 valence electrons. The van der Waals surface area contributed by atoms with E-state index in [9.17, 15) is 14.9 Å². The number of nitro groups is 1. The van der Waals surface area contributed by atoms with Crippen LogP contribution in [0.25, 0.3) is 0 Å². The normalized spacial score (nSPS) is 11.4. The van der Waals surface area contributed by atoms with Crippen LogP contribution in [0.5, 0.6) is 0 Å². The maximum atomic E-state index is 12.2. The summed E-state index contributed by atoms with van der Waals surface area (Å²) in [6.45, 7) is 1.86. The first-order valence-corrected chi connectivity index (χ1v) is 8.96. The van der Waals surface area contributed by atoms with E-state index in [0.29, 0.717) is 5.02 Å². The van der Waals surface area contributed by atoms with Gasteiger partial charge in [-0.3, -0.25) is 25.8 Å². The second-order valence-corrected chi connectivity index (χ2v) is 6.48. The Morgan fingerprint density at radius 1 is 1.10 bits per heavy atom. The number of hydrogen-bond donors (Lipinski definition) is 3. The third kappa shape index (κ3) is 4.96. The number of amides is 1. The van der Waals surface area contributed by atoms with E-state index < -0.39 is 10.8 Å². The monoisotopic (exact) mass is 412 g/mol. The summed E-state index contributed by atoms with van der Waals surface area (Å²) in [6, 6.07) is 15.5. The molecule has 1 amide bonds. The van der Waals surface area contributed by atoms with Crippen molar-refractivity contribution in [2.75, 3.05) is 10.7 Å². The van der Waals surface area contributed by atoms with E-state index in [2.05, 4.69) is 26.1 Å². The van der Waals surface area contributed by atoms with Crippen LogP contribution >= 0.6 is 11.6 Å². The Morgan fingerprint density at radius 2 is 1.83 bits per heavy atom. The van der Waals surface area contributed by atoms with Gasteiger partial charge in [-0.15, -0.1) is 0 Å². The number of aromatic nitrogens is 2. The number of carbonyl (C=O) groups is 1. The SMILES string of the molecule is CC(Nc1ncnc(NNC(=O)c2cccc(Cl)c2)c1[N+](=O)[O-])c1ccccc1. The first kappa shape index (κ1) is 20.0. The van der Waals surface area contributed by atoms with E-state index in [0.717, 1.165) is 5.56 Å². The Bertz CT molecular complexity index is 1030. The summed E-state index contributed by atoms with van der Waals surface area (Å²) in [4.78, 5) is 31.1. The zero-order valence-electron chi connectivity index (χ0n) is 15.3. The van der Waals surface area contributed by atoms with Gasteiger partial charge in [0.15, 0.2) is 0 Å². The van der Waals surface area contributed by atoms with E-state index in [1.54, 1.807) is 18.2 Å². The quantitative estimate of drug-likeness (QED) is 0.396. The summed E-state index contributed by atoms with van der Waals surface area (Å²) in [5, 5.41) is 15.0. The fourth-order valence-corrected chi connectivity index (χ4v) is 2.79. The molecular weight excluding hydrogens is 396 g/mol. The lowest BCUT2D eigenvalue weighted by atomic mass is 10.1. The lowest BCUT2D eigenvalue weighted by molar-refractivity contribution is -0.383. The van der Waals surface area contributed by atoms with Crippen molar-refractivity contribution in [3.63, 3.8) is 0 Å². The minimum Gasteiger partial charge on any atom is -0.358 e. The zero-order chi connectivity index (χ0) is 20.8. The summed E-state index contributed by atoms with van der Waals surface area (Å²) in [5.74, 6) is -0.642. The topological polar surface area (TPSA) is 122 Å². The predicted octanol–water partition coefficient (Wildman–Crippen LogP) is 3.97. The van der Waals surface area contributed by atoms with Crippen molar-refractivity contribution >= 4 is 34.8 Å². The molecule has 0 aliphatic carbocycles. The van der Waals surface area contributed by atoms with Crippen LogP contribution in [0, 0.1) is 10.1 Å². The van der Waals surface area contributed by atoms with E-state index >= 15 is 0 Å². The van der Waals surface area contributed by atoms with Gasteiger partial charge in [-0.25, -0.2) is 9.97 Å². The number of carbonyl (C=O) groups excluding carboxylic acids is 1. The second-order valence-electron chi connectivity index (χ2n) is 6.04. The minimum absolute atomic E-state index is 0.0286. The molecule has 29 heavy (non-hydrogen) atoms. The largest absolute Gasteiger partial charge is 0.358 e. The van der Waals surface area contributed by atoms with Crippen molar-refractivity contribution in [1.82, 2.24) is 15.4 Å². The van der Waals surface area contributed by atoms with E-state index in [1.165, 1.54) is 12.4 Å². The van der Waals surface area contributed by atoms with Gasteiger partial charge in [0.2, 0.25) is 11.6 Å². The van der Waals surface area contributed by atoms with E-state index in [4.69, 9.17) is 11.6 Å². The van der Waals surface area contributed by atoms with Gasteiger partial charge in [0, 0.05) is 10.6 Å². The first-order valence-electron chi connectivity index (χ1n) is 8.58. The Kier molecular flexibility index (Phi) is 6.20. The molecule has 0 saturated heterocycles. The molecule has 0 fully saturated rings. The number of anilines is 2. The molecule has 2 aromatic carbocycles. The van der Waals surface area contributed by atoms with Gasteiger partial charge in [-0.2, -0.15) is 0 Å². The Balaban J connectivity index is 1.79. The highest BCUT2D eigenvalue weighted by molar-refractivity contribution is 6.30. The van der Waals surface area contributed by atoms with Crippen LogP contribution in [0.1, 0.15) is 28.9 Å². The molecule has 0 aliphatic rings. The minimum atomic E-state index is -0.617. The molecule has 9 nitrogen and oxygen atoms in total. The van der Waals surface area contributed by atoms with Crippen LogP contribution in [0.3, 0.4) is 0 Å². The fourth-order valence-electron chi connectivity index (χ4n) is 2.60. The number of hydrogen-bond acceptors (Lipinski definition) is 7. The van der Waals surface area contributed by atoms with Crippen molar-refractivity contribution in [2.45, 2.75) is 13.0 Å². The highest BCUT2D eigenvalue weighted by Crippen LogP contribution is 2.31. The van der Waals surface area contributed by atoms with Gasteiger partial charge in [0.05, 0.1) is 11.0 Å². The Morgan fingerprint density at radius 3 is 2.52 bits per heavy atom. The average molecular weight is 413 g/mol. The number of nitrogens with one attached hydrogen (secondary N) is 3. The van der Waals surface area contributed by atoms with E-state index in [1.807, 2.05) is 37.3 Å². The number of rotatable bonds is 7. The Labute approximate surface area is 171 Å². The highest BCUT2D eigenvalue weighted by atomic mass is 35.5. The molecule has 3 N–H and O–H groups in total. The molecule has 0 aliphatic heterocycles. The smallest absolute Gasteiger partial charge is 0.354 e. The molecule has 0 spiro atoms. The predicted molar refractivity (Wildman–Crippen MR) is 110 cm³/mol. The van der Waals surface area contributed by atoms with Crippen LogP contribution < -0.4 is 16.2 Å². The average Bonchev–Trinajstić information content (AvgIpc) is 2.72. The van der Waals surface area contributed by atoms with Crippen LogP contribution in [0.15, 0.2) is 60.9 Å². The van der Waals surface area contributed by atoms with Crippen molar-refractivity contribution < 1.29 is 9.72 Å². The van der Waals surface area contributed by atoms with Crippen LogP contribution in [-0.4, -0.2) is 20.8 Å². The molecule has 1 heterocycles. The lowest BCUT2D eigenvalue weighted by Gasteiger charge is -2.16. The molecule has 0 saturated carbocycles. The van der Waals surface area contributed by atoms with Gasteiger partial charge in [-0.05, 0) is 30.7 Å². The van der Waals surface area contributed by atoms with Crippen molar-refractivity contribution in [3.8, 4) is 0 Å². The van der Waals surface area contributed by atoms with Crippen LogP contribution in [0.4, 0.5) is 17.3 Å². The van der Waals surface area contributed by atoms with E-state index in [-0.39, 0.29) is 28.9 Å². The Hall–Kier alpha value is -3.72. The second kappa shape index (κ2) is 8.98. The molecule has 10 heteroatoms. The third-order valence-corrected chi connectivity index (χ3v) is 4.27. The van der Waals surface area contributed by atoms with Crippen LogP contribution in [-0.2, 0) is 0 Å². The summed E-state index contributed by atoms with van der Waals surface area (Å²) in [6.07, 6.45) is 1.17.